The second-order valence-corrected chi connectivity index (χ2v) is 3.17. The zero-order valence-electron chi connectivity index (χ0n) is 7.24. The zero-order valence-corrected chi connectivity index (χ0v) is 7.99. The van der Waals surface area contributed by atoms with Crippen LogP contribution in [-0.4, -0.2) is 11.8 Å². The van der Waals surface area contributed by atoms with E-state index in [9.17, 15) is 9.59 Å². The van der Waals surface area contributed by atoms with Gasteiger partial charge in [-0.2, -0.15) is 0 Å². The summed E-state index contributed by atoms with van der Waals surface area (Å²) in [7, 11) is 0. The number of nitrogens with two attached hydrogens (primary N) is 2. The molecular weight excluding hydrogens is 204 g/mol. The number of primary amides is 2. The SMILES string of the molecule is NC(=O)C(C(N)=O)c1ccccc1Cl. The van der Waals surface area contributed by atoms with Crippen molar-refractivity contribution in [2.45, 2.75) is 5.92 Å². The van der Waals surface area contributed by atoms with Crippen LogP contribution in [0.1, 0.15) is 11.5 Å². The van der Waals surface area contributed by atoms with Crippen LogP contribution in [0, 0.1) is 0 Å². The fourth-order valence-corrected chi connectivity index (χ4v) is 1.40. The van der Waals surface area contributed by atoms with Gasteiger partial charge >= 0.3 is 0 Å². The minimum atomic E-state index is -1.16. The molecule has 14 heavy (non-hydrogen) atoms. The van der Waals surface area contributed by atoms with Crippen molar-refractivity contribution < 1.29 is 9.59 Å². The molecule has 0 atom stereocenters. The van der Waals surface area contributed by atoms with E-state index >= 15 is 0 Å². The van der Waals surface area contributed by atoms with E-state index in [0.29, 0.717) is 10.6 Å². The van der Waals surface area contributed by atoms with Crippen LogP contribution in [0.3, 0.4) is 0 Å². The maximum atomic E-state index is 11.0. The Morgan fingerprint density at radius 2 is 1.64 bits per heavy atom. The molecule has 0 bridgehead atoms. The predicted octanol–water partition coefficient (Wildman–Crippen LogP) is 0.394. The monoisotopic (exact) mass is 212 g/mol. The number of hydrogen-bond donors (Lipinski definition) is 2. The van der Waals surface area contributed by atoms with Gasteiger partial charge in [0.15, 0.2) is 0 Å². The molecule has 5 heteroatoms. The van der Waals surface area contributed by atoms with E-state index in [1.54, 1.807) is 24.3 Å². The number of benzene rings is 1. The van der Waals surface area contributed by atoms with Crippen molar-refractivity contribution in [3.8, 4) is 0 Å². The molecule has 0 aromatic heterocycles. The number of halogens is 1. The lowest BCUT2D eigenvalue weighted by Gasteiger charge is -2.10. The summed E-state index contributed by atoms with van der Waals surface area (Å²) in [5, 5.41) is 0.301. The maximum absolute atomic E-state index is 11.0. The number of hydrogen-bond acceptors (Lipinski definition) is 2. The summed E-state index contributed by atoms with van der Waals surface area (Å²) in [5.41, 5.74) is 10.4. The van der Waals surface area contributed by atoms with Gasteiger partial charge in [0.05, 0.1) is 0 Å². The Hall–Kier alpha value is -1.55. The summed E-state index contributed by atoms with van der Waals surface area (Å²) in [6.07, 6.45) is 0. The molecule has 0 heterocycles. The van der Waals surface area contributed by atoms with Gasteiger partial charge in [-0.3, -0.25) is 9.59 Å². The molecule has 4 N–H and O–H groups in total. The summed E-state index contributed by atoms with van der Waals surface area (Å²) in [4.78, 5) is 21.9. The molecule has 0 unspecified atom stereocenters. The Morgan fingerprint density at radius 1 is 1.14 bits per heavy atom. The molecule has 0 radical (unpaired) electrons. The minimum absolute atomic E-state index is 0.301. The van der Waals surface area contributed by atoms with Crippen LogP contribution >= 0.6 is 11.6 Å². The molecular formula is C9H9ClN2O2. The molecule has 0 saturated carbocycles. The van der Waals surface area contributed by atoms with Crippen LogP contribution in [-0.2, 0) is 9.59 Å². The maximum Gasteiger partial charge on any atom is 0.234 e. The quantitative estimate of drug-likeness (QED) is 0.711. The van der Waals surface area contributed by atoms with Gasteiger partial charge in [-0.05, 0) is 11.6 Å². The summed E-state index contributed by atoms with van der Waals surface area (Å²) in [5.74, 6) is -2.76. The Kier molecular flexibility index (Phi) is 3.09. The number of carbonyl (C=O) groups excluding carboxylic acids is 2. The van der Waals surface area contributed by atoms with Crippen molar-refractivity contribution in [2.75, 3.05) is 0 Å². The van der Waals surface area contributed by atoms with Crippen LogP contribution < -0.4 is 11.5 Å². The Balaban J connectivity index is 3.18. The Bertz CT molecular complexity index is 365. The molecule has 1 aromatic carbocycles. The van der Waals surface area contributed by atoms with Crippen molar-refractivity contribution in [3.05, 3.63) is 34.9 Å². The largest absolute Gasteiger partial charge is 0.369 e. The smallest absolute Gasteiger partial charge is 0.234 e. The highest BCUT2D eigenvalue weighted by molar-refractivity contribution is 6.32. The Labute approximate surface area is 85.8 Å². The summed E-state index contributed by atoms with van der Waals surface area (Å²) >= 11 is 5.79. The molecule has 0 spiro atoms. The molecule has 4 nitrogen and oxygen atoms in total. The molecule has 2 amide bonds. The van der Waals surface area contributed by atoms with Crippen molar-refractivity contribution >= 4 is 23.4 Å². The average Bonchev–Trinajstić information content (AvgIpc) is 2.07. The van der Waals surface area contributed by atoms with Gasteiger partial charge in [0.1, 0.15) is 5.92 Å². The first kappa shape index (κ1) is 10.5. The number of rotatable bonds is 3. The molecule has 0 aliphatic carbocycles. The first-order valence-corrected chi connectivity index (χ1v) is 4.25. The van der Waals surface area contributed by atoms with Crippen LogP contribution in [0.4, 0.5) is 0 Å². The molecule has 74 valence electrons. The highest BCUT2D eigenvalue weighted by Gasteiger charge is 2.25. The van der Waals surface area contributed by atoms with Crippen molar-refractivity contribution in [1.29, 1.82) is 0 Å². The van der Waals surface area contributed by atoms with Crippen LogP contribution in [0.2, 0.25) is 5.02 Å². The topological polar surface area (TPSA) is 86.2 Å². The van der Waals surface area contributed by atoms with Crippen molar-refractivity contribution in [3.63, 3.8) is 0 Å². The van der Waals surface area contributed by atoms with E-state index in [-0.39, 0.29) is 0 Å². The number of amides is 2. The zero-order chi connectivity index (χ0) is 10.7. The van der Waals surface area contributed by atoms with E-state index in [1.165, 1.54) is 0 Å². The fourth-order valence-electron chi connectivity index (χ4n) is 1.16. The summed E-state index contributed by atoms with van der Waals surface area (Å²) in [6.45, 7) is 0. The fraction of sp³-hybridized carbons (Fsp3) is 0.111. The van der Waals surface area contributed by atoms with Crippen LogP contribution in [0.5, 0.6) is 0 Å². The molecule has 0 fully saturated rings. The third-order valence-electron chi connectivity index (χ3n) is 1.79. The van der Waals surface area contributed by atoms with Gasteiger partial charge in [0.2, 0.25) is 11.8 Å². The lowest BCUT2D eigenvalue weighted by molar-refractivity contribution is -0.128. The lowest BCUT2D eigenvalue weighted by Crippen LogP contribution is -2.33. The van der Waals surface area contributed by atoms with E-state index in [1.807, 2.05) is 0 Å². The second kappa shape index (κ2) is 4.11. The average molecular weight is 213 g/mol. The highest BCUT2D eigenvalue weighted by Crippen LogP contribution is 2.23. The minimum Gasteiger partial charge on any atom is -0.369 e. The van der Waals surface area contributed by atoms with Gasteiger partial charge in [-0.25, -0.2) is 0 Å². The van der Waals surface area contributed by atoms with Gasteiger partial charge in [-0.1, -0.05) is 29.8 Å². The van der Waals surface area contributed by atoms with Crippen molar-refractivity contribution in [2.24, 2.45) is 11.5 Å². The predicted molar refractivity (Wildman–Crippen MR) is 52.6 cm³/mol. The van der Waals surface area contributed by atoms with Crippen LogP contribution in [0.25, 0.3) is 0 Å². The summed E-state index contributed by atoms with van der Waals surface area (Å²) in [6, 6.07) is 6.45. The first-order valence-electron chi connectivity index (χ1n) is 3.87. The normalized spacial score (nSPS) is 10.1. The molecule has 0 saturated heterocycles. The summed E-state index contributed by atoms with van der Waals surface area (Å²) < 4.78 is 0. The van der Waals surface area contributed by atoms with E-state index in [4.69, 9.17) is 23.1 Å². The van der Waals surface area contributed by atoms with Gasteiger partial charge < -0.3 is 11.5 Å². The Morgan fingerprint density at radius 3 is 2.07 bits per heavy atom. The van der Waals surface area contributed by atoms with E-state index in [2.05, 4.69) is 0 Å². The van der Waals surface area contributed by atoms with E-state index < -0.39 is 17.7 Å². The molecule has 1 rings (SSSR count). The number of carbonyl (C=O) groups is 2. The lowest BCUT2D eigenvalue weighted by atomic mass is 9.98. The molecule has 0 aliphatic heterocycles. The third kappa shape index (κ3) is 2.03. The van der Waals surface area contributed by atoms with E-state index in [0.717, 1.165) is 0 Å². The molecule has 0 aliphatic rings. The highest BCUT2D eigenvalue weighted by atomic mass is 35.5. The molecule has 1 aromatic rings. The van der Waals surface area contributed by atoms with Crippen LogP contribution in [0.15, 0.2) is 24.3 Å². The van der Waals surface area contributed by atoms with Gasteiger partial charge in [0.25, 0.3) is 0 Å². The standard InChI is InChI=1S/C9H9ClN2O2/c10-6-4-2-1-3-5(6)7(8(11)13)9(12)14/h1-4,7H,(H2,11,13)(H2,12,14). The van der Waals surface area contributed by atoms with Gasteiger partial charge in [0, 0.05) is 5.02 Å². The first-order chi connectivity index (χ1) is 6.54. The van der Waals surface area contributed by atoms with Crippen molar-refractivity contribution in [1.82, 2.24) is 0 Å². The van der Waals surface area contributed by atoms with Gasteiger partial charge in [-0.15, -0.1) is 0 Å². The second-order valence-electron chi connectivity index (χ2n) is 2.76. The third-order valence-corrected chi connectivity index (χ3v) is 2.13.